The Labute approximate surface area is 482 Å². The lowest BCUT2D eigenvalue weighted by Crippen LogP contribution is -2.18. The molecule has 402 valence electrons. The van der Waals surface area contributed by atoms with E-state index in [2.05, 4.69) is 71.0 Å². The molecule has 0 aliphatic carbocycles. The number of benzene rings is 7. The van der Waals surface area contributed by atoms with Gasteiger partial charge in [-0.2, -0.15) is 0 Å². The quantitative estimate of drug-likeness (QED) is 0.127. The zero-order valence-corrected chi connectivity index (χ0v) is 43.7. The molecule has 7 aromatic carbocycles. The van der Waals surface area contributed by atoms with Crippen molar-refractivity contribution in [2.75, 3.05) is 0 Å². The van der Waals surface area contributed by atoms with E-state index < -0.39 is 35.8 Å². The molecule has 0 aromatic heterocycles. The van der Waals surface area contributed by atoms with Gasteiger partial charge in [0.05, 0.1) is 35.8 Å². The predicted octanol–water partition coefficient (Wildman–Crippen LogP) is 2.66. The molecule has 0 fully saturated rings. The molecule has 12 nitrogen and oxygen atoms in total. The lowest BCUT2D eigenvalue weighted by atomic mass is 10.0. The topological polar surface area (TPSA) is 241 Å². The second-order valence-electron chi connectivity index (χ2n) is 17.6. The maximum absolute atomic E-state index is 11.0. The molecule has 0 saturated heterocycles. The van der Waals surface area contributed by atoms with E-state index in [0.717, 1.165) is 36.5 Å². The van der Waals surface area contributed by atoms with Crippen LogP contribution >= 0.6 is 0 Å². The molecule has 0 N–H and O–H groups in total. The Morgan fingerprint density at radius 3 is 0.476 bits per heavy atom. The Kier molecular flexibility index (Phi) is 20.5. The van der Waals surface area contributed by atoms with E-state index in [4.69, 9.17) is 0 Å². The van der Waals surface area contributed by atoms with Crippen LogP contribution in [0, 0.1) is 71.0 Å². The van der Waals surface area contributed by atoms with E-state index in [1.807, 2.05) is 18.2 Å². The van der Waals surface area contributed by atoms with Gasteiger partial charge in [0.15, 0.2) is 0 Å². The lowest BCUT2D eigenvalue weighted by Gasteiger charge is -2.02. The third-order valence-electron chi connectivity index (χ3n) is 11.1. The zero-order valence-electron chi connectivity index (χ0n) is 43.7. The highest BCUT2D eigenvalue weighted by atomic mass is 16.4. The van der Waals surface area contributed by atoms with Crippen molar-refractivity contribution < 1.29 is 59.4 Å². The van der Waals surface area contributed by atoms with E-state index in [1.165, 1.54) is 36.5 Å². The van der Waals surface area contributed by atoms with Gasteiger partial charge in [0.1, 0.15) is 0 Å². The van der Waals surface area contributed by atoms with Crippen LogP contribution in [0.4, 0.5) is 0 Å². The molecule has 12 heteroatoms. The van der Waals surface area contributed by atoms with Crippen molar-refractivity contribution in [3.05, 3.63) is 282 Å². The first-order valence-corrected chi connectivity index (χ1v) is 24.8. The maximum atomic E-state index is 11.0. The monoisotopic (exact) mass is 1090 g/mol. The van der Waals surface area contributed by atoms with Crippen molar-refractivity contribution in [3.8, 4) is 71.0 Å². The third kappa shape index (κ3) is 20.5. The van der Waals surface area contributed by atoms with E-state index in [0.29, 0.717) is 100 Å². The molecule has 0 heterocycles. The van der Waals surface area contributed by atoms with Gasteiger partial charge in [0.2, 0.25) is 0 Å². The van der Waals surface area contributed by atoms with Crippen LogP contribution < -0.4 is 30.6 Å². The Hall–Kier alpha value is -12.8. The zero-order chi connectivity index (χ0) is 59.8. The van der Waals surface area contributed by atoms with Crippen molar-refractivity contribution in [1.82, 2.24) is 0 Å². The summed E-state index contributed by atoms with van der Waals surface area (Å²) in [6, 6.07) is 41.6. The first kappa shape index (κ1) is 58.8. The number of aliphatic carboxylic acids is 6. The molecule has 84 heavy (non-hydrogen) atoms. The minimum Gasteiger partial charge on any atom is -0.545 e. The van der Waals surface area contributed by atoms with Crippen LogP contribution in [0.5, 0.6) is 0 Å². The Morgan fingerprint density at radius 2 is 0.333 bits per heavy atom. The highest BCUT2D eigenvalue weighted by Crippen LogP contribution is 2.18. The normalized spacial score (nSPS) is 10.6. The lowest BCUT2D eigenvalue weighted by molar-refractivity contribution is -0.298. The summed E-state index contributed by atoms with van der Waals surface area (Å²) in [4.78, 5) is 66.2. The third-order valence-corrected chi connectivity index (χ3v) is 11.1. The molecule has 0 spiro atoms. The summed E-state index contributed by atoms with van der Waals surface area (Å²) in [7, 11) is 0. The van der Waals surface area contributed by atoms with Crippen LogP contribution in [-0.4, -0.2) is 35.8 Å². The molecule has 0 radical (unpaired) electrons. The number of hydrogen-bond donors (Lipinski definition) is 0. The van der Waals surface area contributed by atoms with Gasteiger partial charge in [-0.25, -0.2) is 0 Å². The molecular weight excluding hydrogens is 1060 g/mol. The molecule has 7 rings (SSSR count). The summed E-state index contributed by atoms with van der Waals surface area (Å²) in [5.41, 5.74) is 10.0. The smallest absolute Gasteiger partial charge is 0.0643 e. The van der Waals surface area contributed by atoms with Crippen LogP contribution in [0.3, 0.4) is 0 Å². The summed E-state index contributed by atoms with van der Waals surface area (Å²) >= 11 is 0. The minimum atomic E-state index is -1.40. The first-order chi connectivity index (χ1) is 40.4. The molecule has 0 atom stereocenters. The van der Waals surface area contributed by atoms with Crippen molar-refractivity contribution >= 4 is 72.3 Å². The Morgan fingerprint density at radius 1 is 0.202 bits per heavy atom. The van der Waals surface area contributed by atoms with Crippen LogP contribution in [-0.2, 0) is 28.8 Å². The fourth-order valence-electron chi connectivity index (χ4n) is 7.43. The Balaban J connectivity index is 1.16. The van der Waals surface area contributed by atoms with Gasteiger partial charge in [-0.05, 0) is 215 Å². The summed E-state index contributed by atoms with van der Waals surface area (Å²) in [6.07, 6.45) is 13.0. The average molecular weight is 1090 g/mol. The van der Waals surface area contributed by atoms with Gasteiger partial charge in [0.25, 0.3) is 0 Å². The van der Waals surface area contributed by atoms with Gasteiger partial charge >= 0.3 is 0 Å². The number of carbonyl (C=O) groups is 6. The summed E-state index contributed by atoms with van der Waals surface area (Å²) in [5.74, 6) is 29.1. The van der Waals surface area contributed by atoms with Gasteiger partial charge in [-0.1, -0.05) is 108 Å². The van der Waals surface area contributed by atoms with Crippen LogP contribution in [0.1, 0.15) is 100 Å². The molecule has 0 aliphatic rings. The van der Waals surface area contributed by atoms with Gasteiger partial charge < -0.3 is 59.4 Å². The van der Waals surface area contributed by atoms with Crippen LogP contribution in [0.2, 0.25) is 0 Å². The first-order valence-electron chi connectivity index (χ1n) is 24.8. The van der Waals surface area contributed by atoms with E-state index in [1.54, 1.807) is 127 Å². The molecule has 0 unspecified atom stereocenters. The maximum Gasteiger partial charge on any atom is 0.0643 e. The largest absolute Gasteiger partial charge is 0.545 e. The molecule has 7 aromatic rings. The van der Waals surface area contributed by atoms with E-state index in [9.17, 15) is 59.4 Å². The van der Waals surface area contributed by atoms with E-state index in [-0.39, 0.29) is 0 Å². The molecule has 0 amide bonds. The second-order valence-corrected chi connectivity index (χ2v) is 17.6. The van der Waals surface area contributed by atoms with Crippen LogP contribution in [0.15, 0.2) is 182 Å². The fraction of sp³-hybridized carbons (Fsp3) is 0. The van der Waals surface area contributed by atoms with Gasteiger partial charge in [-0.3, -0.25) is 0 Å². The number of carboxylic acid groups (broad SMARTS) is 6. The van der Waals surface area contributed by atoms with Crippen molar-refractivity contribution in [2.24, 2.45) is 0 Å². The van der Waals surface area contributed by atoms with Crippen molar-refractivity contribution in [1.29, 1.82) is 0 Å². The molecular formula is C72H36O12-6. The molecule has 0 saturated carbocycles. The minimum absolute atomic E-state index is 0.463. The molecule has 0 aliphatic heterocycles. The molecule has 0 bridgehead atoms. The second kappa shape index (κ2) is 29.2. The number of carboxylic acids is 6. The Bertz CT molecular complexity index is 3790. The fourth-order valence-corrected chi connectivity index (χ4v) is 7.43. The van der Waals surface area contributed by atoms with Gasteiger partial charge in [-0.15, -0.1) is 0 Å². The number of rotatable bonds is 12. The van der Waals surface area contributed by atoms with Crippen molar-refractivity contribution in [3.63, 3.8) is 0 Å². The number of carbonyl (C=O) groups excluding carboxylic acids is 6. The summed E-state index contributed by atoms with van der Waals surface area (Å²) in [5, 5.41) is 66.2. The highest BCUT2D eigenvalue weighted by Gasteiger charge is 2.02. The van der Waals surface area contributed by atoms with E-state index >= 15 is 0 Å². The number of hydrogen-bond acceptors (Lipinski definition) is 12. The van der Waals surface area contributed by atoms with Crippen molar-refractivity contribution in [2.45, 2.75) is 0 Å². The standard InChI is InChI=1S/C72H42O12/c73-67(74)31-25-61-40-58(41-62(46-61)26-32-68(75)76)22-16-52-7-1-49(2-8-52)13-19-55-37-56(20-14-50-3-9-53(10-4-50)17-23-59-42-63(27-33-69(77)78)47-64(43-59)28-34-70(79)80)39-57(38-55)21-15-51-5-11-54(12-6-51)18-24-60-44-65(29-35-71(81)82)48-66(45-60)30-36-72(83)84/h1-12,25-48H,(H,73,74)(H,75,76)(H,77,78)(H,79,80)(H,81,82)(H,83,84)/p-6/b31-25+,32-26+,33-27+,34-28+,35-29+,36-30+. The SMILES string of the molecule is O=C([O-])/C=C/c1cc(C#Cc2ccc(C#Cc3cc(C#Cc4ccc(C#Cc5cc(/C=C/C(=O)[O-])cc(/C=C/C(=O)[O-])c5)cc4)cc(C#Cc4ccc(C#Cc5cc(/C=C/C(=O)[O-])cc(/C=C/C(=O)[O-])c5)cc4)c3)cc2)cc(/C=C/C(=O)[O-])c1. The predicted molar refractivity (Wildman–Crippen MR) is 305 cm³/mol. The van der Waals surface area contributed by atoms with Gasteiger partial charge in [0, 0.05) is 66.8 Å². The highest BCUT2D eigenvalue weighted by molar-refractivity contribution is 5.88. The average Bonchev–Trinajstić information content (AvgIpc) is 3.55. The summed E-state index contributed by atoms with van der Waals surface area (Å²) < 4.78 is 0. The summed E-state index contributed by atoms with van der Waals surface area (Å²) in [6.45, 7) is 0. The van der Waals surface area contributed by atoms with Crippen LogP contribution in [0.25, 0.3) is 36.5 Å².